The van der Waals surface area contributed by atoms with Gasteiger partial charge in [0.1, 0.15) is 5.69 Å². The fourth-order valence-electron chi connectivity index (χ4n) is 2.99. The van der Waals surface area contributed by atoms with Gasteiger partial charge in [0.2, 0.25) is 0 Å². The first-order valence-electron chi connectivity index (χ1n) is 7.35. The van der Waals surface area contributed by atoms with Crippen molar-refractivity contribution in [3.05, 3.63) is 24.0 Å². The number of aromatic nitrogens is 1. The van der Waals surface area contributed by atoms with Crippen molar-refractivity contribution in [1.82, 2.24) is 9.88 Å². The molecule has 0 aromatic carbocycles. The molecule has 1 saturated carbocycles. The molecule has 4 nitrogen and oxygen atoms in total. The molecule has 1 N–H and O–H groups in total. The van der Waals surface area contributed by atoms with E-state index in [1.165, 1.54) is 25.7 Å². The third-order valence-corrected chi connectivity index (χ3v) is 4.10. The first kappa shape index (κ1) is 12.5. The van der Waals surface area contributed by atoms with Gasteiger partial charge in [0, 0.05) is 19.1 Å². The lowest BCUT2D eigenvalue weighted by molar-refractivity contribution is 0.0787. The molecule has 0 spiro atoms. The van der Waals surface area contributed by atoms with E-state index in [1.807, 2.05) is 17.0 Å². The lowest BCUT2D eigenvalue weighted by Crippen LogP contribution is -2.28. The van der Waals surface area contributed by atoms with E-state index in [4.69, 9.17) is 0 Å². The predicted molar refractivity (Wildman–Crippen MR) is 75.3 cm³/mol. The Bertz CT molecular complexity index is 431. The Balaban J connectivity index is 1.62. The third kappa shape index (κ3) is 2.88. The number of rotatable bonds is 3. The van der Waals surface area contributed by atoms with Crippen molar-refractivity contribution in [2.24, 2.45) is 0 Å². The average molecular weight is 259 g/mol. The van der Waals surface area contributed by atoms with E-state index >= 15 is 0 Å². The zero-order chi connectivity index (χ0) is 13.1. The number of hydrogen-bond donors (Lipinski definition) is 1. The van der Waals surface area contributed by atoms with Gasteiger partial charge in [-0.25, -0.2) is 4.98 Å². The molecule has 1 aromatic heterocycles. The summed E-state index contributed by atoms with van der Waals surface area (Å²) >= 11 is 0. The Kier molecular flexibility index (Phi) is 3.67. The summed E-state index contributed by atoms with van der Waals surface area (Å²) in [5.41, 5.74) is 1.60. The number of nitrogens with zero attached hydrogens (tertiary/aromatic N) is 2. The van der Waals surface area contributed by atoms with Crippen molar-refractivity contribution in [1.29, 1.82) is 0 Å². The molecule has 1 aliphatic heterocycles. The van der Waals surface area contributed by atoms with Gasteiger partial charge in [-0.1, -0.05) is 12.8 Å². The van der Waals surface area contributed by atoms with Crippen molar-refractivity contribution in [2.45, 2.75) is 44.6 Å². The molecule has 3 rings (SSSR count). The lowest BCUT2D eigenvalue weighted by atomic mass is 10.2. The highest BCUT2D eigenvalue weighted by Gasteiger charge is 2.20. The van der Waals surface area contributed by atoms with Crippen LogP contribution in [0.25, 0.3) is 0 Å². The van der Waals surface area contributed by atoms with Crippen molar-refractivity contribution in [3.63, 3.8) is 0 Å². The Morgan fingerprint density at radius 1 is 1.16 bits per heavy atom. The standard InChI is InChI=1S/C15H21N3O/c19-15(18-9-3-4-10-18)14-8-7-13(11-16-14)17-12-5-1-2-6-12/h7-8,11-12,17H,1-6,9-10H2. The fourth-order valence-corrected chi connectivity index (χ4v) is 2.99. The number of carbonyl (C=O) groups excluding carboxylic acids is 1. The van der Waals surface area contributed by atoms with Gasteiger partial charge in [0.25, 0.3) is 5.91 Å². The molecule has 0 unspecified atom stereocenters. The zero-order valence-corrected chi connectivity index (χ0v) is 11.3. The van der Waals surface area contributed by atoms with Crippen molar-refractivity contribution in [2.75, 3.05) is 18.4 Å². The number of anilines is 1. The molecular weight excluding hydrogens is 238 g/mol. The Hall–Kier alpha value is -1.58. The summed E-state index contributed by atoms with van der Waals surface area (Å²) < 4.78 is 0. The van der Waals surface area contributed by atoms with Crippen LogP contribution in [0.15, 0.2) is 18.3 Å². The van der Waals surface area contributed by atoms with Gasteiger partial charge in [-0.15, -0.1) is 0 Å². The van der Waals surface area contributed by atoms with Gasteiger partial charge in [0.05, 0.1) is 11.9 Å². The first-order valence-corrected chi connectivity index (χ1v) is 7.35. The minimum absolute atomic E-state index is 0.0740. The second kappa shape index (κ2) is 5.59. The second-order valence-electron chi connectivity index (χ2n) is 5.56. The van der Waals surface area contributed by atoms with E-state index in [9.17, 15) is 4.79 Å². The minimum atomic E-state index is 0.0740. The maximum Gasteiger partial charge on any atom is 0.272 e. The van der Waals surface area contributed by atoms with Gasteiger partial charge >= 0.3 is 0 Å². The summed E-state index contributed by atoms with van der Waals surface area (Å²) in [4.78, 5) is 18.4. The smallest absolute Gasteiger partial charge is 0.272 e. The molecule has 0 bridgehead atoms. The maximum absolute atomic E-state index is 12.1. The minimum Gasteiger partial charge on any atom is -0.381 e. The number of likely N-dealkylation sites (tertiary alicyclic amines) is 1. The molecule has 2 fully saturated rings. The van der Waals surface area contributed by atoms with Crippen LogP contribution >= 0.6 is 0 Å². The summed E-state index contributed by atoms with van der Waals surface area (Å²) in [7, 11) is 0. The molecule has 1 amide bonds. The van der Waals surface area contributed by atoms with E-state index < -0.39 is 0 Å². The summed E-state index contributed by atoms with van der Waals surface area (Å²) in [5.74, 6) is 0.0740. The molecule has 2 heterocycles. The molecule has 2 aliphatic rings. The lowest BCUT2D eigenvalue weighted by Gasteiger charge is -2.16. The molecule has 19 heavy (non-hydrogen) atoms. The topological polar surface area (TPSA) is 45.2 Å². The highest BCUT2D eigenvalue weighted by atomic mass is 16.2. The number of hydrogen-bond acceptors (Lipinski definition) is 3. The number of amides is 1. The molecular formula is C15H21N3O. The van der Waals surface area contributed by atoms with Crippen LogP contribution in [0.5, 0.6) is 0 Å². The summed E-state index contributed by atoms with van der Waals surface area (Å²) in [5, 5.41) is 3.49. The molecule has 102 valence electrons. The van der Waals surface area contributed by atoms with Gasteiger partial charge < -0.3 is 10.2 Å². The van der Waals surface area contributed by atoms with Crippen molar-refractivity contribution >= 4 is 11.6 Å². The van der Waals surface area contributed by atoms with Crippen molar-refractivity contribution in [3.8, 4) is 0 Å². The number of nitrogens with one attached hydrogen (secondary N) is 1. The SMILES string of the molecule is O=C(c1ccc(NC2CCCC2)cn1)N1CCCC1. The molecule has 0 radical (unpaired) electrons. The quantitative estimate of drug-likeness (QED) is 0.907. The monoisotopic (exact) mass is 259 g/mol. The number of carbonyl (C=O) groups is 1. The second-order valence-corrected chi connectivity index (χ2v) is 5.56. The first-order chi connectivity index (χ1) is 9.33. The molecule has 1 aromatic rings. The van der Waals surface area contributed by atoms with Crippen molar-refractivity contribution < 1.29 is 4.79 Å². The Morgan fingerprint density at radius 3 is 2.53 bits per heavy atom. The number of pyridine rings is 1. The average Bonchev–Trinajstić information content (AvgIpc) is 3.12. The highest BCUT2D eigenvalue weighted by Crippen LogP contribution is 2.22. The maximum atomic E-state index is 12.1. The molecule has 1 aliphatic carbocycles. The third-order valence-electron chi connectivity index (χ3n) is 4.10. The van der Waals surface area contributed by atoms with Gasteiger partial charge in [-0.05, 0) is 37.8 Å². The Morgan fingerprint density at radius 2 is 1.89 bits per heavy atom. The van der Waals surface area contributed by atoms with E-state index in [0.717, 1.165) is 31.6 Å². The summed E-state index contributed by atoms with van der Waals surface area (Å²) in [6.07, 6.45) is 9.15. The molecule has 1 saturated heterocycles. The van der Waals surface area contributed by atoms with Crippen LogP contribution in [0.1, 0.15) is 49.0 Å². The van der Waals surface area contributed by atoms with Crippen LogP contribution in [-0.4, -0.2) is 34.9 Å². The largest absolute Gasteiger partial charge is 0.381 e. The summed E-state index contributed by atoms with van der Waals surface area (Å²) in [6.45, 7) is 1.76. The van der Waals surface area contributed by atoms with Gasteiger partial charge in [-0.2, -0.15) is 0 Å². The normalized spacial score (nSPS) is 19.9. The van der Waals surface area contributed by atoms with E-state index in [-0.39, 0.29) is 5.91 Å². The van der Waals surface area contributed by atoms with Crippen LogP contribution in [0.4, 0.5) is 5.69 Å². The van der Waals surface area contributed by atoms with Gasteiger partial charge in [-0.3, -0.25) is 4.79 Å². The molecule has 0 atom stereocenters. The van der Waals surface area contributed by atoms with Crippen LogP contribution in [-0.2, 0) is 0 Å². The Labute approximate surface area is 114 Å². The van der Waals surface area contributed by atoms with Gasteiger partial charge in [0.15, 0.2) is 0 Å². The van der Waals surface area contributed by atoms with Crippen LogP contribution in [0, 0.1) is 0 Å². The van der Waals surface area contributed by atoms with E-state index in [1.54, 1.807) is 6.20 Å². The summed E-state index contributed by atoms with van der Waals surface area (Å²) in [6, 6.07) is 4.41. The molecule has 4 heteroatoms. The zero-order valence-electron chi connectivity index (χ0n) is 11.3. The van der Waals surface area contributed by atoms with Crippen LogP contribution in [0.2, 0.25) is 0 Å². The fraction of sp³-hybridized carbons (Fsp3) is 0.600. The predicted octanol–water partition coefficient (Wildman–Crippen LogP) is 2.67. The van der Waals surface area contributed by atoms with E-state index in [2.05, 4.69) is 10.3 Å². The van der Waals surface area contributed by atoms with Crippen LogP contribution in [0.3, 0.4) is 0 Å². The van der Waals surface area contributed by atoms with Crippen LogP contribution < -0.4 is 5.32 Å². The highest BCUT2D eigenvalue weighted by molar-refractivity contribution is 5.92. The van der Waals surface area contributed by atoms with E-state index in [0.29, 0.717) is 11.7 Å².